The van der Waals surface area contributed by atoms with Crippen molar-refractivity contribution in [2.45, 2.75) is 89.4 Å². The Kier molecular flexibility index (Phi) is 3.59. The highest BCUT2D eigenvalue weighted by Gasteiger charge is 2.54. The minimum atomic E-state index is -0.184. The van der Waals surface area contributed by atoms with Crippen molar-refractivity contribution in [2.24, 2.45) is 5.92 Å². The summed E-state index contributed by atoms with van der Waals surface area (Å²) in [5.74, 6) is 1.11. The number of nitrogens with one attached hydrogen (secondary N) is 1. The van der Waals surface area contributed by atoms with Crippen LogP contribution in [0.1, 0.15) is 71.6 Å². The predicted octanol–water partition coefficient (Wildman–Crippen LogP) is 3.05. The smallest absolute Gasteiger partial charge is 0.244 e. The molecular formula is C16H28N2O. The van der Waals surface area contributed by atoms with E-state index in [4.69, 9.17) is 0 Å². The SMILES string of the molecule is CCC(C)N1C(=O)C2(CCCC2)NC1C1CCCC1. The second-order valence-electron chi connectivity index (χ2n) is 6.89. The van der Waals surface area contributed by atoms with Gasteiger partial charge in [0.2, 0.25) is 5.91 Å². The van der Waals surface area contributed by atoms with Crippen LogP contribution >= 0.6 is 0 Å². The van der Waals surface area contributed by atoms with E-state index >= 15 is 0 Å². The Morgan fingerprint density at radius 3 is 2.47 bits per heavy atom. The average Bonchev–Trinajstić information content (AvgIpc) is 3.13. The normalized spacial score (nSPS) is 32.6. The van der Waals surface area contributed by atoms with Gasteiger partial charge in [0.15, 0.2) is 0 Å². The van der Waals surface area contributed by atoms with Crippen LogP contribution in [0.5, 0.6) is 0 Å². The zero-order valence-electron chi connectivity index (χ0n) is 12.5. The largest absolute Gasteiger partial charge is 0.323 e. The van der Waals surface area contributed by atoms with Gasteiger partial charge < -0.3 is 4.90 Å². The van der Waals surface area contributed by atoms with Crippen molar-refractivity contribution in [3.63, 3.8) is 0 Å². The molecule has 0 bridgehead atoms. The first-order valence-corrected chi connectivity index (χ1v) is 8.28. The van der Waals surface area contributed by atoms with Crippen LogP contribution in [0.3, 0.4) is 0 Å². The van der Waals surface area contributed by atoms with E-state index in [9.17, 15) is 4.79 Å². The first-order valence-electron chi connectivity index (χ1n) is 8.28. The summed E-state index contributed by atoms with van der Waals surface area (Å²) in [4.78, 5) is 15.2. The zero-order valence-corrected chi connectivity index (χ0v) is 12.5. The quantitative estimate of drug-likeness (QED) is 0.849. The summed E-state index contributed by atoms with van der Waals surface area (Å²) < 4.78 is 0. The van der Waals surface area contributed by atoms with E-state index in [1.54, 1.807) is 0 Å². The molecule has 0 aromatic rings. The highest BCUT2D eigenvalue weighted by Crippen LogP contribution is 2.42. The summed E-state index contributed by atoms with van der Waals surface area (Å²) in [6, 6.07) is 0.380. The average molecular weight is 264 g/mol. The highest BCUT2D eigenvalue weighted by molar-refractivity contribution is 5.89. The second-order valence-corrected chi connectivity index (χ2v) is 6.89. The first-order chi connectivity index (χ1) is 9.18. The Labute approximate surface area is 117 Å². The Bertz CT molecular complexity index is 343. The van der Waals surface area contributed by atoms with Crippen molar-refractivity contribution in [2.75, 3.05) is 0 Å². The molecule has 1 aliphatic heterocycles. The molecular weight excluding hydrogens is 236 g/mol. The fraction of sp³-hybridized carbons (Fsp3) is 0.938. The van der Waals surface area contributed by atoms with Crippen molar-refractivity contribution in [3.05, 3.63) is 0 Å². The van der Waals surface area contributed by atoms with Gasteiger partial charge >= 0.3 is 0 Å². The molecule has 108 valence electrons. The monoisotopic (exact) mass is 264 g/mol. The molecule has 1 N–H and O–H groups in total. The molecule has 0 radical (unpaired) electrons. The molecule has 1 spiro atoms. The Hall–Kier alpha value is -0.570. The number of hydrogen-bond donors (Lipinski definition) is 1. The van der Waals surface area contributed by atoms with E-state index in [0.717, 1.165) is 19.3 Å². The second kappa shape index (κ2) is 5.08. The molecule has 2 atom stereocenters. The lowest BCUT2D eigenvalue weighted by Crippen LogP contribution is -2.47. The van der Waals surface area contributed by atoms with E-state index in [0.29, 0.717) is 24.0 Å². The van der Waals surface area contributed by atoms with Crippen molar-refractivity contribution < 1.29 is 4.79 Å². The molecule has 1 saturated heterocycles. The number of rotatable bonds is 3. The maximum atomic E-state index is 13.0. The van der Waals surface area contributed by atoms with Crippen LogP contribution in [0, 0.1) is 5.92 Å². The summed E-state index contributed by atoms with van der Waals surface area (Å²) in [6.07, 6.45) is 11.2. The molecule has 2 aliphatic carbocycles. The van der Waals surface area contributed by atoms with E-state index in [2.05, 4.69) is 24.1 Å². The maximum Gasteiger partial charge on any atom is 0.244 e. The lowest BCUT2D eigenvalue weighted by Gasteiger charge is -2.33. The van der Waals surface area contributed by atoms with Crippen LogP contribution in [-0.4, -0.2) is 28.6 Å². The molecule has 3 rings (SSSR count). The Morgan fingerprint density at radius 1 is 1.26 bits per heavy atom. The van der Waals surface area contributed by atoms with Gasteiger partial charge in [-0.05, 0) is 44.9 Å². The number of amides is 1. The summed E-state index contributed by atoms with van der Waals surface area (Å²) in [6.45, 7) is 4.42. The molecule has 3 heteroatoms. The predicted molar refractivity (Wildman–Crippen MR) is 76.7 cm³/mol. The minimum Gasteiger partial charge on any atom is -0.323 e. The Morgan fingerprint density at radius 2 is 1.89 bits per heavy atom. The van der Waals surface area contributed by atoms with Crippen molar-refractivity contribution in [1.29, 1.82) is 0 Å². The van der Waals surface area contributed by atoms with Crippen molar-refractivity contribution >= 4 is 5.91 Å². The van der Waals surface area contributed by atoms with Gasteiger partial charge in [0.1, 0.15) is 0 Å². The van der Waals surface area contributed by atoms with Crippen molar-refractivity contribution in [1.82, 2.24) is 10.2 Å². The van der Waals surface area contributed by atoms with Gasteiger partial charge in [0.25, 0.3) is 0 Å². The van der Waals surface area contributed by atoms with Crippen LogP contribution in [0.25, 0.3) is 0 Å². The molecule has 1 heterocycles. The third-order valence-corrected chi connectivity index (χ3v) is 5.74. The molecule has 2 unspecified atom stereocenters. The van der Waals surface area contributed by atoms with Gasteiger partial charge in [-0.15, -0.1) is 0 Å². The lowest BCUT2D eigenvalue weighted by molar-refractivity contribution is -0.135. The van der Waals surface area contributed by atoms with Gasteiger partial charge in [0, 0.05) is 6.04 Å². The van der Waals surface area contributed by atoms with Crippen LogP contribution < -0.4 is 5.32 Å². The Balaban J connectivity index is 1.86. The molecule has 3 nitrogen and oxygen atoms in total. The maximum absolute atomic E-state index is 13.0. The number of nitrogens with zero attached hydrogens (tertiary/aromatic N) is 1. The summed E-state index contributed by atoms with van der Waals surface area (Å²) in [7, 11) is 0. The van der Waals surface area contributed by atoms with Crippen LogP contribution in [0.15, 0.2) is 0 Å². The molecule has 0 aromatic heterocycles. The molecule has 0 aromatic carbocycles. The minimum absolute atomic E-state index is 0.184. The molecule has 2 saturated carbocycles. The van der Waals surface area contributed by atoms with Crippen LogP contribution in [0.2, 0.25) is 0 Å². The fourth-order valence-corrected chi connectivity index (χ4v) is 4.41. The van der Waals surface area contributed by atoms with Gasteiger partial charge in [0.05, 0.1) is 11.7 Å². The van der Waals surface area contributed by atoms with Gasteiger partial charge in [-0.2, -0.15) is 0 Å². The third kappa shape index (κ3) is 2.10. The summed E-state index contributed by atoms with van der Waals surface area (Å²) in [5.41, 5.74) is -0.184. The highest BCUT2D eigenvalue weighted by atomic mass is 16.2. The zero-order chi connectivity index (χ0) is 13.5. The first kappa shape index (κ1) is 13.4. The third-order valence-electron chi connectivity index (χ3n) is 5.74. The summed E-state index contributed by atoms with van der Waals surface area (Å²) >= 11 is 0. The van der Waals surface area contributed by atoms with Crippen LogP contribution in [0.4, 0.5) is 0 Å². The number of carbonyl (C=O) groups is 1. The van der Waals surface area contributed by atoms with Crippen molar-refractivity contribution in [3.8, 4) is 0 Å². The summed E-state index contributed by atoms with van der Waals surface area (Å²) in [5, 5.41) is 3.80. The van der Waals surface area contributed by atoms with Crippen LogP contribution in [-0.2, 0) is 4.79 Å². The molecule has 1 amide bonds. The topological polar surface area (TPSA) is 32.3 Å². The van der Waals surface area contributed by atoms with E-state index < -0.39 is 0 Å². The molecule has 19 heavy (non-hydrogen) atoms. The standard InChI is InChI=1S/C16H28N2O/c1-3-12(2)18-14(13-8-4-5-9-13)17-16(15(18)19)10-6-7-11-16/h12-14,17H,3-11H2,1-2H3. The van der Waals surface area contributed by atoms with Gasteiger partial charge in [-0.3, -0.25) is 10.1 Å². The number of hydrogen-bond acceptors (Lipinski definition) is 2. The lowest BCUT2D eigenvalue weighted by atomic mass is 9.97. The molecule has 3 aliphatic rings. The van der Waals surface area contributed by atoms with Gasteiger partial charge in [-0.25, -0.2) is 0 Å². The van der Waals surface area contributed by atoms with E-state index in [-0.39, 0.29) is 5.54 Å². The molecule has 3 fully saturated rings. The van der Waals surface area contributed by atoms with E-state index in [1.807, 2.05) is 0 Å². The van der Waals surface area contributed by atoms with E-state index in [1.165, 1.54) is 38.5 Å². The number of carbonyl (C=O) groups excluding carboxylic acids is 1. The fourth-order valence-electron chi connectivity index (χ4n) is 4.41. The van der Waals surface area contributed by atoms with Gasteiger partial charge in [-0.1, -0.05) is 32.6 Å².